The first kappa shape index (κ1) is 27.1. The molecule has 0 heterocycles. The zero-order valence-electron chi connectivity index (χ0n) is 12.1. The maximum atomic E-state index is 9.70. The molecule has 19 heavy (non-hydrogen) atoms. The van der Waals surface area contributed by atoms with Gasteiger partial charge < -0.3 is 15.3 Å². The van der Waals surface area contributed by atoms with Gasteiger partial charge in [-0.3, -0.25) is 14.4 Å². The second kappa shape index (κ2) is 15.8. The molecule has 0 atom stereocenters. The average molecular weight is 423 g/mol. The molecular weight excluding hydrogens is 399 g/mol. The van der Waals surface area contributed by atoms with Crippen LogP contribution >= 0.6 is 0 Å². The third-order valence-corrected chi connectivity index (χ3v) is 1.48. The van der Waals surface area contributed by atoms with Crippen molar-refractivity contribution in [3.05, 3.63) is 0 Å². The van der Waals surface area contributed by atoms with Gasteiger partial charge in [0.1, 0.15) is 0 Å². The van der Waals surface area contributed by atoms with Gasteiger partial charge in [0.05, 0.1) is 17.8 Å². The second-order valence-electron chi connectivity index (χ2n) is 4.48. The molecule has 0 rings (SSSR count). The van der Waals surface area contributed by atoms with Crippen LogP contribution in [0.3, 0.4) is 0 Å². The number of aliphatic carboxylic acids is 3. The minimum Gasteiger partial charge on any atom is -0.481 e. The van der Waals surface area contributed by atoms with Crippen molar-refractivity contribution >= 4 is 17.9 Å². The fourth-order valence-corrected chi connectivity index (χ4v) is 0. The van der Waals surface area contributed by atoms with Gasteiger partial charge in [-0.1, -0.05) is 41.5 Å². The Morgan fingerprint density at radius 1 is 0.579 bits per heavy atom. The number of hydrogen-bond donors (Lipinski definition) is 3. The van der Waals surface area contributed by atoms with E-state index in [0.717, 1.165) is 0 Å². The van der Waals surface area contributed by atoms with Crippen molar-refractivity contribution in [3.63, 3.8) is 0 Å². The van der Waals surface area contributed by atoms with Crippen LogP contribution in [-0.4, -0.2) is 33.2 Å². The summed E-state index contributed by atoms with van der Waals surface area (Å²) in [7, 11) is 0. The molecular formula is C12H24O6Tb. The number of carbonyl (C=O) groups is 3. The van der Waals surface area contributed by atoms with Crippen molar-refractivity contribution < 1.29 is 68.3 Å². The SMILES string of the molecule is CC(C)C(=O)O.CC(C)C(=O)O.CC(C)C(=O)O.[Tb]. The van der Waals surface area contributed by atoms with E-state index < -0.39 is 17.9 Å². The predicted molar refractivity (Wildman–Crippen MR) is 67.4 cm³/mol. The Bertz CT molecular complexity index is 218. The van der Waals surface area contributed by atoms with E-state index in [9.17, 15) is 14.4 Å². The maximum absolute atomic E-state index is 9.70. The molecule has 0 bridgehead atoms. The topological polar surface area (TPSA) is 112 Å². The standard InChI is InChI=1S/3C4H8O2.Tb/c3*1-3(2)4(5)6;/h3*3H,1-2H3,(H,5,6);. The summed E-state index contributed by atoms with van der Waals surface area (Å²) in [5, 5.41) is 24.0. The molecule has 0 amide bonds. The second-order valence-corrected chi connectivity index (χ2v) is 4.48. The summed E-state index contributed by atoms with van der Waals surface area (Å²) in [6.45, 7) is 9.85. The summed E-state index contributed by atoms with van der Waals surface area (Å²) in [5.41, 5.74) is 0. The van der Waals surface area contributed by atoms with Gasteiger partial charge in [-0.25, -0.2) is 0 Å². The zero-order chi connectivity index (χ0) is 15.5. The van der Waals surface area contributed by atoms with Crippen LogP contribution in [0.1, 0.15) is 41.5 Å². The zero-order valence-corrected chi connectivity index (χ0v) is 14.3. The third kappa shape index (κ3) is 31.9. The van der Waals surface area contributed by atoms with Crippen molar-refractivity contribution in [3.8, 4) is 0 Å². The van der Waals surface area contributed by atoms with Gasteiger partial charge >= 0.3 is 17.9 Å². The Balaban J connectivity index is -0.0000000865. The molecule has 0 fully saturated rings. The summed E-state index contributed by atoms with van der Waals surface area (Å²) in [5.74, 6) is -2.92. The van der Waals surface area contributed by atoms with Gasteiger partial charge in [0.2, 0.25) is 0 Å². The number of carboxylic acids is 3. The molecule has 0 aliphatic heterocycles. The third-order valence-electron chi connectivity index (χ3n) is 1.48. The van der Waals surface area contributed by atoms with E-state index in [-0.39, 0.29) is 56.4 Å². The summed E-state index contributed by atoms with van der Waals surface area (Å²) in [6, 6.07) is 0. The Hall–Kier alpha value is -0.304. The first-order valence-electron chi connectivity index (χ1n) is 5.61. The number of carboxylic acid groups (broad SMARTS) is 3. The van der Waals surface area contributed by atoms with Crippen LogP contribution < -0.4 is 0 Å². The fourth-order valence-electron chi connectivity index (χ4n) is 0. The molecule has 6 nitrogen and oxygen atoms in total. The van der Waals surface area contributed by atoms with E-state index in [4.69, 9.17) is 15.3 Å². The normalized spacial score (nSPS) is 8.68. The van der Waals surface area contributed by atoms with Crippen LogP contribution in [0, 0.1) is 56.4 Å². The predicted octanol–water partition coefficient (Wildman–Crippen LogP) is 2.18. The van der Waals surface area contributed by atoms with E-state index in [1.807, 2.05) is 0 Å². The molecule has 0 aliphatic carbocycles. The van der Waals surface area contributed by atoms with E-state index in [0.29, 0.717) is 0 Å². The van der Waals surface area contributed by atoms with Crippen molar-refractivity contribution in [2.24, 2.45) is 17.8 Å². The number of rotatable bonds is 3. The monoisotopic (exact) mass is 423 g/mol. The van der Waals surface area contributed by atoms with Gasteiger partial charge in [0, 0.05) is 38.6 Å². The van der Waals surface area contributed by atoms with Crippen LogP contribution in [0.4, 0.5) is 0 Å². The Morgan fingerprint density at radius 3 is 0.632 bits per heavy atom. The molecule has 0 aromatic carbocycles. The first-order valence-corrected chi connectivity index (χ1v) is 5.61. The summed E-state index contributed by atoms with van der Waals surface area (Å²) >= 11 is 0. The van der Waals surface area contributed by atoms with E-state index in [1.165, 1.54) is 0 Å². The molecule has 0 spiro atoms. The molecule has 0 unspecified atom stereocenters. The Labute approximate surface area is 145 Å². The first-order chi connectivity index (χ1) is 7.93. The van der Waals surface area contributed by atoms with Gasteiger partial charge in [0.25, 0.3) is 0 Å². The molecule has 117 valence electrons. The molecule has 3 N–H and O–H groups in total. The number of hydrogen-bond acceptors (Lipinski definition) is 3. The summed E-state index contributed by atoms with van der Waals surface area (Å²) in [4.78, 5) is 29.1. The summed E-state index contributed by atoms with van der Waals surface area (Å²) < 4.78 is 0. The van der Waals surface area contributed by atoms with Crippen molar-refractivity contribution in [2.45, 2.75) is 41.5 Å². The van der Waals surface area contributed by atoms with Gasteiger partial charge in [-0.2, -0.15) is 0 Å². The molecule has 0 aliphatic rings. The van der Waals surface area contributed by atoms with Crippen LogP contribution in [0.5, 0.6) is 0 Å². The van der Waals surface area contributed by atoms with Crippen molar-refractivity contribution in [1.29, 1.82) is 0 Å². The average Bonchev–Trinajstić information content (AvgIpc) is 2.18. The largest absolute Gasteiger partial charge is 0.481 e. The maximum Gasteiger partial charge on any atom is 0.305 e. The van der Waals surface area contributed by atoms with E-state index >= 15 is 0 Å². The van der Waals surface area contributed by atoms with Crippen LogP contribution in [0.2, 0.25) is 0 Å². The van der Waals surface area contributed by atoms with Crippen LogP contribution in [0.15, 0.2) is 0 Å². The molecule has 0 aromatic rings. The molecule has 0 saturated carbocycles. The van der Waals surface area contributed by atoms with Gasteiger partial charge in [-0.15, -0.1) is 0 Å². The molecule has 0 aromatic heterocycles. The van der Waals surface area contributed by atoms with E-state index in [1.54, 1.807) is 41.5 Å². The van der Waals surface area contributed by atoms with Crippen molar-refractivity contribution in [2.75, 3.05) is 0 Å². The molecule has 7 heteroatoms. The van der Waals surface area contributed by atoms with Crippen LogP contribution in [-0.2, 0) is 14.4 Å². The summed E-state index contributed by atoms with van der Waals surface area (Å²) in [6.07, 6.45) is 0. The van der Waals surface area contributed by atoms with E-state index in [2.05, 4.69) is 0 Å². The Kier molecular flexibility index (Phi) is 22.5. The minimum absolute atomic E-state index is 0. The quantitative estimate of drug-likeness (QED) is 0.642. The van der Waals surface area contributed by atoms with Gasteiger partial charge in [0.15, 0.2) is 0 Å². The smallest absolute Gasteiger partial charge is 0.305 e. The minimum atomic E-state index is -0.741. The van der Waals surface area contributed by atoms with Crippen LogP contribution in [0.25, 0.3) is 0 Å². The fraction of sp³-hybridized carbons (Fsp3) is 0.750. The Morgan fingerprint density at radius 2 is 0.632 bits per heavy atom. The molecule has 0 saturated heterocycles. The van der Waals surface area contributed by atoms with Gasteiger partial charge in [-0.05, 0) is 0 Å². The van der Waals surface area contributed by atoms with Crippen molar-refractivity contribution in [1.82, 2.24) is 0 Å². The molecule has 1 radical (unpaired) electrons.